The van der Waals surface area contributed by atoms with Crippen molar-refractivity contribution >= 4 is 0 Å². The molecular weight excluding hydrogens is 236 g/mol. The molecule has 0 aliphatic rings. The van der Waals surface area contributed by atoms with Crippen LogP contribution in [0.1, 0.15) is 0 Å². The Morgan fingerprint density at radius 1 is 0.706 bits per heavy atom. The lowest BCUT2D eigenvalue weighted by Crippen LogP contribution is -1.95. The zero-order chi connectivity index (χ0) is 12.6. The van der Waals surface area contributed by atoms with Crippen molar-refractivity contribution < 1.29 is 22.7 Å². The van der Waals surface area contributed by atoms with Gasteiger partial charge in [-0.3, -0.25) is 0 Å². The topological polar surface area (TPSA) is 20.2 Å². The highest BCUT2D eigenvalue weighted by atomic mass is 19.2. The number of hydrogen-bond acceptors (Lipinski definition) is 1. The van der Waals surface area contributed by atoms with E-state index >= 15 is 0 Å². The Bertz CT molecular complexity index is 581. The molecule has 88 valence electrons. The standard InChI is InChI=1S/C12H6F4O/c13-9-4-3-8(11(15)12(9)16)7-2-1-6(17)5-10(7)14/h1-5,17H. The third-order valence-corrected chi connectivity index (χ3v) is 2.28. The van der Waals surface area contributed by atoms with Crippen molar-refractivity contribution in [2.75, 3.05) is 0 Å². The van der Waals surface area contributed by atoms with Crippen molar-refractivity contribution in [2.45, 2.75) is 0 Å². The summed E-state index contributed by atoms with van der Waals surface area (Å²) in [5.74, 6) is -5.72. The van der Waals surface area contributed by atoms with Crippen LogP contribution in [0.2, 0.25) is 0 Å². The minimum atomic E-state index is -1.66. The average Bonchev–Trinajstić information content (AvgIpc) is 2.28. The summed E-state index contributed by atoms with van der Waals surface area (Å²) >= 11 is 0. The number of benzene rings is 2. The third kappa shape index (κ3) is 1.95. The lowest BCUT2D eigenvalue weighted by atomic mass is 10.0. The van der Waals surface area contributed by atoms with Gasteiger partial charge in [-0.15, -0.1) is 0 Å². The lowest BCUT2D eigenvalue weighted by molar-refractivity contribution is 0.448. The number of hydrogen-bond donors (Lipinski definition) is 1. The van der Waals surface area contributed by atoms with Gasteiger partial charge in [-0.25, -0.2) is 17.6 Å². The summed E-state index contributed by atoms with van der Waals surface area (Å²) < 4.78 is 52.4. The van der Waals surface area contributed by atoms with Crippen molar-refractivity contribution in [1.29, 1.82) is 0 Å². The summed E-state index contributed by atoms with van der Waals surface area (Å²) in [5, 5.41) is 8.98. The molecule has 0 saturated heterocycles. The fourth-order valence-corrected chi connectivity index (χ4v) is 1.46. The first kappa shape index (κ1) is 11.4. The van der Waals surface area contributed by atoms with E-state index < -0.39 is 28.8 Å². The molecule has 1 N–H and O–H groups in total. The van der Waals surface area contributed by atoms with Crippen molar-refractivity contribution in [3.8, 4) is 16.9 Å². The molecule has 0 bridgehead atoms. The van der Waals surface area contributed by atoms with E-state index in [0.29, 0.717) is 6.07 Å². The Morgan fingerprint density at radius 2 is 1.35 bits per heavy atom. The van der Waals surface area contributed by atoms with Crippen molar-refractivity contribution in [3.05, 3.63) is 53.6 Å². The molecule has 0 saturated carbocycles. The molecule has 0 radical (unpaired) electrons. The van der Waals surface area contributed by atoms with Crippen molar-refractivity contribution in [3.63, 3.8) is 0 Å². The van der Waals surface area contributed by atoms with Crippen LogP contribution in [0, 0.1) is 23.3 Å². The monoisotopic (exact) mass is 242 g/mol. The second-order valence-corrected chi connectivity index (χ2v) is 3.39. The van der Waals surface area contributed by atoms with E-state index in [2.05, 4.69) is 0 Å². The Labute approximate surface area is 93.9 Å². The van der Waals surface area contributed by atoms with Crippen LogP contribution in [-0.4, -0.2) is 5.11 Å². The van der Waals surface area contributed by atoms with Crippen LogP contribution < -0.4 is 0 Å². The smallest absolute Gasteiger partial charge is 0.195 e. The highest BCUT2D eigenvalue weighted by molar-refractivity contribution is 5.65. The minimum absolute atomic E-state index is 0.251. The van der Waals surface area contributed by atoms with Gasteiger partial charge in [0.15, 0.2) is 17.5 Å². The van der Waals surface area contributed by atoms with E-state index in [0.717, 1.165) is 24.3 Å². The quantitative estimate of drug-likeness (QED) is 0.598. The van der Waals surface area contributed by atoms with Gasteiger partial charge < -0.3 is 5.11 Å². The van der Waals surface area contributed by atoms with Gasteiger partial charge in [0.2, 0.25) is 0 Å². The molecule has 1 nitrogen and oxygen atoms in total. The van der Waals surface area contributed by atoms with Crippen LogP contribution in [0.5, 0.6) is 5.75 Å². The van der Waals surface area contributed by atoms with Crippen molar-refractivity contribution in [2.24, 2.45) is 0 Å². The maximum absolute atomic E-state index is 13.4. The molecule has 0 unspecified atom stereocenters. The third-order valence-electron chi connectivity index (χ3n) is 2.28. The molecule has 0 amide bonds. The van der Waals surface area contributed by atoms with E-state index in [-0.39, 0.29) is 11.3 Å². The molecule has 0 spiro atoms. The highest BCUT2D eigenvalue weighted by Gasteiger charge is 2.17. The largest absolute Gasteiger partial charge is 0.508 e. The van der Waals surface area contributed by atoms with E-state index in [1.165, 1.54) is 0 Å². The summed E-state index contributed by atoms with van der Waals surface area (Å²) in [6.45, 7) is 0. The Kier molecular flexibility index (Phi) is 2.75. The van der Waals surface area contributed by atoms with Gasteiger partial charge in [-0.2, -0.15) is 0 Å². The number of aromatic hydroxyl groups is 1. The zero-order valence-electron chi connectivity index (χ0n) is 8.35. The van der Waals surface area contributed by atoms with Crippen molar-refractivity contribution in [1.82, 2.24) is 0 Å². The fourth-order valence-electron chi connectivity index (χ4n) is 1.46. The Hall–Kier alpha value is -2.04. The van der Waals surface area contributed by atoms with E-state index in [9.17, 15) is 17.6 Å². The second kappa shape index (κ2) is 4.08. The molecule has 0 aromatic heterocycles. The molecule has 5 heteroatoms. The van der Waals surface area contributed by atoms with Gasteiger partial charge in [-0.1, -0.05) is 0 Å². The van der Waals surface area contributed by atoms with Crippen LogP contribution in [0.15, 0.2) is 30.3 Å². The lowest BCUT2D eigenvalue weighted by Gasteiger charge is -2.06. The maximum Gasteiger partial charge on any atom is 0.195 e. The van der Waals surface area contributed by atoms with Gasteiger partial charge in [0, 0.05) is 17.2 Å². The average molecular weight is 242 g/mol. The first-order chi connectivity index (χ1) is 8.00. The predicted molar refractivity (Wildman–Crippen MR) is 53.4 cm³/mol. The summed E-state index contributed by atoms with van der Waals surface area (Å²) in [6.07, 6.45) is 0. The van der Waals surface area contributed by atoms with Gasteiger partial charge in [0.05, 0.1) is 0 Å². The molecule has 2 aromatic rings. The molecule has 2 aromatic carbocycles. The van der Waals surface area contributed by atoms with E-state index in [4.69, 9.17) is 5.11 Å². The van der Waals surface area contributed by atoms with Crippen LogP contribution in [-0.2, 0) is 0 Å². The molecule has 17 heavy (non-hydrogen) atoms. The molecule has 0 heterocycles. The van der Waals surface area contributed by atoms with Crippen LogP contribution >= 0.6 is 0 Å². The number of phenols is 1. The molecule has 0 atom stereocenters. The summed E-state index contributed by atoms with van der Waals surface area (Å²) in [4.78, 5) is 0. The zero-order valence-corrected chi connectivity index (χ0v) is 8.35. The summed E-state index contributed by atoms with van der Waals surface area (Å²) in [6, 6.07) is 4.61. The molecular formula is C12H6F4O. The minimum Gasteiger partial charge on any atom is -0.508 e. The molecule has 2 rings (SSSR count). The summed E-state index contributed by atoms with van der Waals surface area (Å²) in [7, 11) is 0. The maximum atomic E-state index is 13.4. The van der Waals surface area contributed by atoms with E-state index in [1.54, 1.807) is 0 Å². The molecule has 0 fully saturated rings. The number of phenolic OH excluding ortho intramolecular Hbond substituents is 1. The van der Waals surface area contributed by atoms with Crippen LogP contribution in [0.3, 0.4) is 0 Å². The Balaban J connectivity index is 2.65. The fraction of sp³-hybridized carbons (Fsp3) is 0. The van der Waals surface area contributed by atoms with Gasteiger partial charge in [0.25, 0.3) is 0 Å². The highest BCUT2D eigenvalue weighted by Crippen LogP contribution is 2.29. The van der Waals surface area contributed by atoms with Gasteiger partial charge >= 0.3 is 0 Å². The predicted octanol–water partition coefficient (Wildman–Crippen LogP) is 3.62. The van der Waals surface area contributed by atoms with Gasteiger partial charge in [-0.05, 0) is 24.3 Å². The summed E-state index contributed by atoms with van der Waals surface area (Å²) in [5.41, 5.74) is -0.652. The molecule has 0 aliphatic heterocycles. The van der Waals surface area contributed by atoms with Crippen LogP contribution in [0.4, 0.5) is 17.6 Å². The second-order valence-electron chi connectivity index (χ2n) is 3.39. The normalized spacial score (nSPS) is 10.6. The SMILES string of the molecule is Oc1ccc(-c2ccc(F)c(F)c2F)c(F)c1. The number of rotatable bonds is 1. The van der Waals surface area contributed by atoms with Gasteiger partial charge in [0.1, 0.15) is 11.6 Å². The molecule has 0 aliphatic carbocycles. The van der Waals surface area contributed by atoms with E-state index in [1.807, 2.05) is 0 Å². The van der Waals surface area contributed by atoms with Crippen LogP contribution in [0.25, 0.3) is 11.1 Å². The number of halogens is 4. The first-order valence-electron chi connectivity index (χ1n) is 4.63. The Morgan fingerprint density at radius 3 is 2.00 bits per heavy atom. The first-order valence-corrected chi connectivity index (χ1v) is 4.63.